The third-order valence-electron chi connectivity index (χ3n) is 18.8. The van der Waals surface area contributed by atoms with E-state index >= 15 is 0 Å². The van der Waals surface area contributed by atoms with Gasteiger partial charge in [-0.05, 0) is 219 Å². The van der Waals surface area contributed by atoms with Gasteiger partial charge in [0.05, 0.1) is 11.0 Å². The minimum Gasteiger partial charge on any atom is -0.309 e. The van der Waals surface area contributed by atoms with Gasteiger partial charge >= 0.3 is 0 Å². The van der Waals surface area contributed by atoms with Gasteiger partial charge in [-0.2, -0.15) is 0 Å². The average Bonchev–Trinajstić information content (AvgIpc) is 1.58. The Morgan fingerprint density at radius 3 is 0.762 bits per heavy atom. The molecule has 0 aliphatic heterocycles. The lowest BCUT2D eigenvalue weighted by molar-refractivity contribution is 0.496. The van der Waals surface area contributed by atoms with Crippen LogP contribution in [0.15, 0.2) is 224 Å². The van der Waals surface area contributed by atoms with E-state index in [-0.39, 0.29) is 37.9 Å². The summed E-state index contributed by atoms with van der Waals surface area (Å²) in [4.78, 5) is 0. The normalized spacial score (nSPS) is 12.4. The van der Waals surface area contributed by atoms with E-state index < -0.39 is 0 Å². The van der Waals surface area contributed by atoms with E-state index in [2.05, 4.69) is 451 Å². The fourth-order valence-electron chi connectivity index (χ4n) is 14.7. The number of benzene rings is 9. The molecule has 1 aromatic heterocycles. The fourth-order valence-corrected chi connectivity index (χ4v) is 14.7. The monoisotopic (exact) mass is 1350 g/mol. The number of hydrogen-bond acceptors (Lipinski definition) is 0. The van der Waals surface area contributed by atoms with Crippen LogP contribution in [0.1, 0.15) is 262 Å². The lowest BCUT2D eigenvalue weighted by Crippen LogP contribution is -2.14. The molecule has 0 radical (unpaired) electrons. The summed E-state index contributed by atoms with van der Waals surface area (Å²) in [5.41, 5.74) is 30.3. The number of rotatable bonds is 1. The molecular weight excluding hydrogens is 1220 g/mol. The first-order valence-corrected chi connectivity index (χ1v) is 37.3. The van der Waals surface area contributed by atoms with Crippen molar-refractivity contribution >= 4 is 21.8 Å². The van der Waals surface area contributed by atoms with Crippen LogP contribution in [-0.4, -0.2) is 4.57 Å². The molecule has 1 aliphatic rings. The van der Waals surface area contributed by atoms with Gasteiger partial charge in [0.25, 0.3) is 0 Å². The predicted molar refractivity (Wildman–Crippen MR) is 454 cm³/mol. The maximum atomic E-state index is 2.41. The summed E-state index contributed by atoms with van der Waals surface area (Å²) in [6.07, 6.45) is 7.73. The Morgan fingerprint density at radius 1 is 0.238 bits per heavy atom. The van der Waals surface area contributed by atoms with Gasteiger partial charge in [0, 0.05) is 16.5 Å². The van der Waals surface area contributed by atoms with Crippen LogP contribution in [0.3, 0.4) is 0 Å². The summed E-state index contributed by atoms with van der Waals surface area (Å²) in [7, 11) is 0. The van der Waals surface area contributed by atoms with Crippen LogP contribution in [0.2, 0.25) is 0 Å². The summed E-state index contributed by atoms with van der Waals surface area (Å²) in [6.45, 7) is 73.9. The third kappa shape index (κ3) is 25.6. The van der Waals surface area contributed by atoms with Crippen molar-refractivity contribution in [1.29, 1.82) is 0 Å². The topological polar surface area (TPSA) is 4.93 Å². The lowest BCUT2D eigenvalue weighted by atomic mass is 9.81. The van der Waals surface area contributed by atoms with Gasteiger partial charge in [0.1, 0.15) is 0 Å². The van der Waals surface area contributed by atoms with Crippen molar-refractivity contribution in [3.8, 4) is 5.69 Å². The van der Waals surface area contributed by atoms with Crippen molar-refractivity contribution in [2.45, 2.75) is 273 Å². The molecule has 1 heteroatoms. The molecule has 0 fully saturated rings. The van der Waals surface area contributed by atoms with Crippen LogP contribution in [0.25, 0.3) is 27.5 Å². The maximum Gasteiger partial charge on any atom is 0.0578 e. The lowest BCUT2D eigenvalue weighted by Gasteiger charge is -2.23. The van der Waals surface area contributed by atoms with Gasteiger partial charge in [-0.15, -0.1) is 0 Å². The maximum absolute atomic E-state index is 2.41. The molecule has 0 bridgehead atoms. The number of para-hydroxylation sites is 3. The highest BCUT2D eigenvalue weighted by molar-refractivity contribution is 6.10. The van der Waals surface area contributed by atoms with Gasteiger partial charge < -0.3 is 4.57 Å². The molecule has 0 saturated carbocycles. The molecular formula is C100H137N. The van der Waals surface area contributed by atoms with E-state index in [1.807, 2.05) is 0 Å². The Hall–Kier alpha value is -7.74. The second kappa shape index (κ2) is 35.9. The molecule has 101 heavy (non-hydrogen) atoms. The van der Waals surface area contributed by atoms with Crippen molar-refractivity contribution in [2.24, 2.45) is 5.41 Å². The number of allylic oxidation sites excluding steroid dienone is 4. The molecule has 11 rings (SSSR count). The predicted octanol–water partition coefficient (Wildman–Crippen LogP) is 29.7. The number of hydrogen-bond donors (Lipinski definition) is 0. The van der Waals surface area contributed by atoms with E-state index in [1.165, 1.54) is 117 Å². The summed E-state index contributed by atoms with van der Waals surface area (Å²) in [6, 6.07) is 71.2. The highest BCUT2D eigenvalue weighted by Gasteiger charge is 2.24. The summed E-state index contributed by atoms with van der Waals surface area (Å²) < 4.78 is 2.41. The molecule has 1 heterocycles. The molecule has 0 spiro atoms. The highest BCUT2D eigenvalue weighted by atomic mass is 15.0. The fraction of sp³-hybridized carbons (Fsp3) is 0.420. The Balaban J connectivity index is 0.000000250. The first-order valence-electron chi connectivity index (χ1n) is 37.3. The zero-order valence-corrected chi connectivity index (χ0v) is 69.9. The first kappa shape index (κ1) is 85.7. The standard InChI is InChI=1S/C22H21N.3C12H18.3C11H16.C9H14/c1-22(2,3)19-14-9-13-18-17-12-7-8-15-20(17)23(21(18)19)16-10-5-4-6-11-16;3*1-9-7-6-8-10(2)11(9)12(3,4)5;3*1-9-7-5-6-8-10(9)11(2,3)4;1-9(2,3)8-6-4-5-7-8/h4-15H,1-3H3;3*6-8H,1-5H3;3*5-8H,1-4H3;4-6H,7H2,1-3H3. The third-order valence-corrected chi connectivity index (χ3v) is 18.8. The minimum absolute atomic E-state index is 0.0976. The van der Waals surface area contributed by atoms with Crippen LogP contribution in [0.4, 0.5) is 0 Å². The quantitative estimate of drug-likeness (QED) is 0.154. The Bertz CT molecular complexity index is 3940. The van der Waals surface area contributed by atoms with Gasteiger partial charge in [0.2, 0.25) is 0 Å². The molecule has 0 unspecified atom stereocenters. The van der Waals surface area contributed by atoms with E-state index in [1.54, 1.807) is 5.57 Å². The van der Waals surface area contributed by atoms with Gasteiger partial charge in [0.15, 0.2) is 0 Å². The zero-order chi connectivity index (χ0) is 76.4. The van der Waals surface area contributed by atoms with Crippen LogP contribution in [-0.2, 0) is 37.9 Å². The Morgan fingerprint density at radius 2 is 0.505 bits per heavy atom. The van der Waals surface area contributed by atoms with E-state index in [0.29, 0.717) is 5.41 Å². The first-order chi connectivity index (χ1) is 46.5. The highest BCUT2D eigenvalue weighted by Crippen LogP contribution is 2.39. The average molecular weight is 1350 g/mol. The molecule has 0 amide bonds. The molecule has 542 valence electrons. The summed E-state index contributed by atoms with van der Waals surface area (Å²) >= 11 is 0. The van der Waals surface area contributed by atoms with Crippen LogP contribution in [0.5, 0.6) is 0 Å². The van der Waals surface area contributed by atoms with Crippen molar-refractivity contribution in [3.63, 3.8) is 0 Å². The van der Waals surface area contributed by atoms with Crippen LogP contribution >= 0.6 is 0 Å². The number of nitrogens with zero attached hydrogens (tertiary/aromatic N) is 1. The molecule has 0 atom stereocenters. The Kier molecular flexibility index (Phi) is 30.5. The molecule has 1 aliphatic carbocycles. The summed E-state index contributed by atoms with van der Waals surface area (Å²) in [5, 5.41) is 2.65. The van der Waals surface area contributed by atoms with Crippen LogP contribution in [0, 0.1) is 67.7 Å². The summed E-state index contributed by atoms with van der Waals surface area (Å²) in [5.74, 6) is 0. The molecule has 0 N–H and O–H groups in total. The van der Waals surface area contributed by atoms with Crippen molar-refractivity contribution in [1.82, 2.24) is 4.57 Å². The minimum atomic E-state index is 0.0976. The van der Waals surface area contributed by atoms with E-state index in [9.17, 15) is 0 Å². The largest absolute Gasteiger partial charge is 0.309 e. The van der Waals surface area contributed by atoms with Crippen molar-refractivity contribution in [2.75, 3.05) is 0 Å². The SMILES string of the molecule is CC(C)(C)C1=CC=CC1.CC(C)(C)c1cccc2c3ccccc3n(-c3ccccc3)c12.Cc1cccc(C)c1C(C)(C)C.Cc1cccc(C)c1C(C)(C)C.Cc1cccc(C)c1C(C)(C)C.Cc1ccccc1C(C)(C)C.Cc1ccccc1C(C)(C)C.Cc1ccccc1C(C)(C)C. The second-order valence-corrected chi connectivity index (χ2v) is 36.5. The van der Waals surface area contributed by atoms with E-state index in [0.717, 1.165) is 6.42 Å². The van der Waals surface area contributed by atoms with Crippen molar-refractivity contribution < 1.29 is 0 Å². The van der Waals surface area contributed by atoms with Gasteiger partial charge in [-0.25, -0.2) is 0 Å². The van der Waals surface area contributed by atoms with E-state index in [4.69, 9.17) is 0 Å². The number of aryl methyl sites for hydroxylation is 9. The molecule has 9 aromatic carbocycles. The van der Waals surface area contributed by atoms with Gasteiger partial charge in [-0.1, -0.05) is 372 Å². The van der Waals surface area contributed by atoms with Crippen LogP contribution < -0.4 is 0 Å². The number of fused-ring (bicyclic) bond motifs is 3. The second-order valence-electron chi connectivity index (χ2n) is 36.5. The molecule has 10 aromatic rings. The zero-order valence-electron chi connectivity index (χ0n) is 69.9. The Labute approximate surface area is 619 Å². The molecule has 1 nitrogen and oxygen atoms in total. The van der Waals surface area contributed by atoms with Gasteiger partial charge in [-0.3, -0.25) is 0 Å². The van der Waals surface area contributed by atoms with Crippen molar-refractivity contribution in [3.05, 3.63) is 313 Å². The molecule has 0 saturated heterocycles. The smallest absolute Gasteiger partial charge is 0.0578 e. The number of aromatic nitrogens is 1.